The van der Waals surface area contributed by atoms with E-state index in [4.69, 9.17) is 15.6 Å². The number of benzene rings is 1. The second-order valence-corrected chi connectivity index (χ2v) is 7.57. The van der Waals surface area contributed by atoms with Gasteiger partial charge < -0.3 is 10.5 Å². The van der Waals surface area contributed by atoms with E-state index in [1.807, 2.05) is 36.2 Å². The van der Waals surface area contributed by atoms with Crippen LogP contribution in [0.1, 0.15) is 36.8 Å². The molecule has 1 aliphatic heterocycles. The van der Waals surface area contributed by atoms with Gasteiger partial charge in [-0.15, -0.1) is 0 Å². The Bertz CT molecular complexity index is 1290. The van der Waals surface area contributed by atoms with Crippen molar-refractivity contribution in [1.29, 1.82) is 0 Å². The molecule has 0 amide bonds. The van der Waals surface area contributed by atoms with E-state index in [2.05, 4.69) is 15.1 Å². The summed E-state index contributed by atoms with van der Waals surface area (Å²) in [5, 5.41) is 9.16. The van der Waals surface area contributed by atoms with Crippen LogP contribution in [0.5, 0.6) is 5.75 Å². The number of anilines is 1. The van der Waals surface area contributed by atoms with Crippen LogP contribution in [-0.4, -0.2) is 29.5 Å². The number of halogens is 1. The number of nitrogen functional groups attached to an aromatic ring is 1. The lowest BCUT2D eigenvalue weighted by molar-refractivity contribution is 0.227. The smallest absolute Gasteiger partial charge is 0.166 e. The lowest BCUT2D eigenvalue weighted by Gasteiger charge is -2.21. The van der Waals surface area contributed by atoms with Gasteiger partial charge in [-0.3, -0.25) is 4.68 Å². The minimum absolute atomic E-state index is 0.273. The number of pyridine rings is 1. The number of hydrogen-bond donors (Lipinski definition) is 1. The molecule has 9 heteroatoms. The number of aryl methyl sites for hydroxylation is 2. The average Bonchev–Trinajstić information content (AvgIpc) is 3.33. The van der Waals surface area contributed by atoms with Crippen LogP contribution in [0.3, 0.4) is 0 Å². The Balaban J connectivity index is 1.82. The number of aromatic nitrogens is 6. The summed E-state index contributed by atoms with van der Waals surface area (Å²) < 4.78 is 24.1. The van der Waals surface area contributed by atoms with Crippen LogP contribution < -0.4 is 10.5 Å². The fourth-order valence-corrected chi connectivity index (χ4v) is 4.10. The number of hydrogen-bond acceptors (Lipinski definition) is 6. The molecule has 0 radical (unpaired) electrons. The summed E-state index contributed by atoms with van der Waals surface area (Å²) in [5.41, 5.74) is 11.2. The summed E-state index contributed by atoms with van der Waals surface area (Å²) in [4.78, 5) is 8.83. The standard InChI is InChI=1S/C22H22FN7O/c1-4-29-20-14-7-19(21(24)25-9-14)31-13(3)17-8-15(23)5-6-16(17)22-26-11-27-30(22)10-18(20)12(2)28-29/h5-9,11,13H,4,10H2,1-3H3,(H2,24,25). The first-order valence-corrected chi connectivity index (χ1v) is 10.1. The second-order valence-electron chi connectivity index (χ2n) is 7.57. The van der Waals surface area contributed by atoms with E-state index in [1.165, 1.54) is 18.5 Å². The molecule has 0 aliphatic carbocycles. The Morgan fingerprint density at radius 1 is 1.26 bits per heavy atom. The third-order valence-corrected chi connectivity index (χ3v) is 5.63. The Morgan fingerprint density at radius 3 is 2.90 bits per heavy atom. The zero-order valence-corrected chi connectivity index (χ0v) is 17.5. The van der Waals surface area contributed by atoms with Gasteiger partial charge in [0.2, 0.25) is 0 Å². The molecular formula is C22H22FN7O. The van der Waals surface area contributed by atoms with E-state index in [1.54, 1.807) is 12.3 Å². The van der Waals surface area contributed by atoms with Crippen LogP contribution in [-0.2, 0) is 13.1 Å². The van der Waals surface area contributed by atoms with Crippen LogP contribution in [0.25, 0.3) is 22.6 Å². The van der Waals surface area contributed by atoms with Crippen LogP contribution in [0.15, 0.2) is 36.8 Å². The zero-order valence-electron chi connectivity index (χ0n) is 17.5. The van der Waals surface area contributed by atoms with E-state index in [-0.39, 0.29) is 11.6 Å². The maximum atomic E-state index is 14.2. The molecule has 1 unspecified atom stereocenters. The fraction of sp³-hybridized carbons (Fsp3) is 0.273. The summed E-state index contributed by atoms with van der Waals surface area (Å²) in [7, 11) is 0. The van der Waals surface area contributed by atoms with Crippen molar-refractivity contribution in [1.82, 2.24) is 29.5 Å². The predicted molar refractivity (Wildman–Crippen MR) is 114 cm³/mol. The van der Waals surface area contributed by atoms with Crippen molar-refractivity contribution in [3.63, 3.8) is 0 Å². The van der Waals surface area contributed by atoms with Gasteiger partial charge in [0.15, 0.2) is 17.4 Å². The molecule has 8 nitrogen and oxygen atoms in total. The van der Waals surface area contributed by atoms with E-state index in [9.17, 15) is 4.39 Å². The van der Waals surface area contributed by atoms with Crippen molar-refractivity contribution in [2.24, 2.45) is 0 Å². The predicted octanol–water partition coefficient (Wildman–Crippen LogP) is 3.75. The van der Waals surface area contributed by atoms with Crippen LogP contribution in [0.2, 0.25) is 0 Å². The number of nitrogens with two attached hydrogens (primary N) is 1. The molecule has 2 N–H and O–H groups in total. The van der Waals surface area contributed by atoms with Gasteiger partial charge in [-0.25, -0.2) is 19.0 Å². The van der Waals surface area contributed by atoms with Crippen molar-refractivity contribution >= 4 is 5.82 Å². The Hall–Kier alpha value is -3.75. The SMILES string of the molecule is CCn1nc(C)c2c1-c1cnc(N)c(c1)OC(C)c1cc(F)ccc1-c1ncnn1C2. The van der Waals surface area contributed by atoms with Crippen LogP contribution in [0.4, 0.5) is 10.2 Å². The topological polar surface area (TPSA) is 96.7 Å². The molecule has 158 valence electrons. The van der Waals surface area contributed by atoms with Gasteiger partial charge in [0, 0.05) is 35.0 Å². The number of rotatable bonds is 1. The molecule has 0 saturated carbocycles. The average molecular weight is 419 g/mol. The maximum absolute atomic E-state index is 14.2. The largest absolute Gasteiger partial charge is 0.482 e. The van der Waals surface area contributed by atoms with Crippen molar-refractivity contribution in [3.05, 3.63) is 59.4 Å². The number of fused-ring (bicyclic) bond motifs is 7. The summed E-state index contributed by atoms with van der Waals surface area (Å²) in [6, 6.07) is 6.45. The second kappa shape index (κ2) is 7.19. The van der Waals surface area contributed by atoms with Gasteiger partial charge >= 0.3 is 0 Å². The molecule has 0 spiro atoms. The lowest BCUT2D eigenvalue weighted by Crippen LogP contribution is -2.12. The molecule has 0 fully saturated rings. The zero-order chi connectivity index (χ0) is 21.7. The molecule has 5 rings (SSSR count). The van der Waals surface area contributed by atoms with E-state index in [0.29, 0.717) is 30.2 Å². The van der Waals surface area contributed by atoms with Gasteiger partial charge in [0.25, 0.3) is 0 Å². The minimum Gasteiger partial charge on any atom is -0.482 e. The van der Waals surface area contributed by atoms with Crippen LogP contribution in [0, 0.1) is 12.7 Å². The first-order chi connectivity index (χ1) is 15.0. The Morgan fingerprint density at radius 2 is 2.10 bits per heavy atom. The first kappa shape index (κ1) is 19.2. The van der Waals surface area contributed by atoms with Gasteiger partial charge in [-0.2, -0.15) is 10.2 Å². The summed E-state index contributed by atoms with van der Waals surface area (Å²) in [6.07, 6.45) is 2.74. The molecule has 4 heterocycles. The van der Waals surface area contributed by atoms with Crippen molar-refractivity contribution in [3.8, 4) is 28.4 Å². The van der Waals surface area contributed by atoms with Gasteiger partial charge in [-0.05, 0) is 45.0 Å². The number of nitrogens with zero attached hydrogens (tertiary/aromatic N) is 6. The third-order valence-electron chi connectivity index (χ3n) is 5.63. The first-order valence-electron chi connectivity index (χ1n) is 10.1. The number of ether oxygens (including phenoxy) is 1. The maximum Gasteiger partial charge on any atom is 0.166 e. The lowest BCUT2D eigenvalue weighted by atomic mass is 10.0. The molecule has 31 heavy (non-hydrogen) atoms. The fourth-order valence-electron chi connectivity index (χ4n) is 4.10. The van der Waals surface area contributed by atoms with Crippen molar-refractivity contribution in [2.45, 2.75) is 40.0 Å². The van der Waals surface area contributed by atoms with E-state index < -0.39 is 6.10 Å². The summed E-state index contributed by atoms with van der Waals surface area (Å²) >= 11 is 0. The van der Waals surface area contributed by atoms with Gasteiger partial charge in [0.05, 0.1) is 17.9 Å². The molecule has 2 bridgehead atoms. The summed E-state index contributed by atoms with van der Waals surface area (Å²) in [5.74, 6) is 0.995. The summed E-state index contributed by atoms with van der Waals surface area (Å²) in [6.45, 7) is 7.02. The van der Waals surface area contributed by atoms with Crippen molar-refractivity contribution in [2.75, 3.05) is 5.73 Å². The minimum atomic E-state index is -0.494. The van der Waals surface area contributed by atoms with Crippen LogP contribution >= 0.6 is 0 Å². The normalized spacial score (nSPS) is 15.2. The molecule has 1 atom stereocenters. The molecule has 3 aromatic heterocycles. The third kappa shape index (κ3) is 3.13. The Kier molecular flexibility index (Phi) is 4.46. The van der Waals surface area contributed by atoms with Gasteiger partial charge in [0.1, 0.15) is 18.2 Å². The highest BCUT2D eigenvalue weighted by Gasteiger charge is 2.24. The molecule has 1 aromatic carbocycles. The molecule has 0 saturated heterocycles. The molecular weight excluding hydrogens is 397 g/mol. The van der Waals surface area contributed by atoms with E-state index >= 15 is 0 Å². The molecule has 4 aromatic rings. The van der Waals surface area contributed by atoms with E-state index in [0.717, 1.165) is 28.1 Å². The van der Waals surface area contributed by atoms with Crippen molar-refractivity contribution < 1.29 is 9.13 Å². The monoisotopic (exact) mass is 419 g/mol. The Labute approximate surface area is 178 Å². The quantitative estimate of drug-likeness (QED) is 0.505. The molecule has 1 aliphatic rings. The van der Waals surface area contributed by atoms with Gasteiger partial charge in [-0.1, -0.05) is 0 Å². The highest BCUT2D eigenvalue weighted by molar-refractivity contribution is 5.69. The highest BCUT2D eigenvalue weighted by Crippen LogP contribution is 2.37. The highest BCUT2D eigenvalue weighted by atomic mass is 19.1.